The maximum absolute atomic E-state index is 12.4. The number of amides is 2. The molecule has 0 unspecified atom stereocenters. The molecule has 0 saturated carbocycles. The van der Waals surface area contributed by atoms with Gasteiger partial charge < -0.3 is 15.7 Å². The molecule has 166 valence electrons. The highest BCUT2D eigenvalue weighted by molar-refractivity contribution is 5.97. The SMILES string of the molecule is C[C@@H](O)[C@H](NC(=O)c1ccc(-c2ccc(CNCc3ccccc3)cc2)cc1)C(=O)NO. The average molecular weight is 434 g/mol. The summed E-state index contributed by atoms with van der Waals surface area (Å²) in [5.41, 5.74) is 6.16. The number of carbonyl (C=O) groups excluding carboxylic acids is 2. The second-order valence-electron chi connectivity index (χ2n) is 7.53. The lowest BCUT2D eigenvalue weighted by molar-refractivity contribution is -0.133. The molecule has 7 heteroatoms. The third kappa shape index (κ3) is 6.24. The maximum atomic E-state index is 12.4. The van der Waals surface area contributed by atoms with Crippen molar-refractivity contribution in [3.63, 3.8) is 0 Å². The van der Waals surface area contributed by atoms with E-state index in [1.165, 1.54) is 23.5 Å². The Bertz CT molecular complexity index is 1020. The largest absolute Gasteiger partial charge is 0.391 e. The van der Waals surface area contributed by atoms with Crippen molar-refractivity contribution >= 4 is 11.8 Å². The van der Waals surface area contributed by atoms with Crippen molar-refractivity contribution in [1.29, 1.82) is 0 Å². The molecule has 3 aromatic rings. The first-order chi connectivity index (χ1) is 15.5. The fourth-order valence-corrected chi connectivity index (χ4v) is 3.28. The Kier molecular flexibility index (Phi) is 8.10. The Hall–Kier alpha value is -3.52. The Balaban J connectivity index is 1.58. The molecule has 5 N–H and O–H groups in total. The Labute approximate surface area is 187 Å². The molecule has 0 fully saturated rings. The molecule has 0 saturated heterocycles. The smallest absolute Gasteiger partial charge is 0.268 e. The highest BCUT2D eigenvalue weighted by Crippen LogP contribution is 2.20. The summed E-state index contributed by atoms with van der Waals surface area (Å²) in [5.74, 6) is -1.41. The van der Waals surface area contributed by atoms with Crippen LogP contribution in [0.15, 0.2) is 78.9 Å². The highest BCUT2D eigenvalue weighted by Gasteiger charge is 2.25. The molecule has 0 radical (unpaired) electrons. The van der Waals surface area contributed by atoms with Crippen LogP contribution in [0.5, 0.6) is 0 Å². The summed E-state index contributed by atoms with van der Waals surface area (Å²) >= 11 is 0. The molecule has 3 rings (SSSR count). The van der Waals surface area contributed by atoms with E-state index >= 15 is 0 Å². The van der Waals surface area contributed by atoms with Crippen molar-refractivity contribution in [1.82, 2.24) is 16.1 Å². The minimum absolute atomic E-state index is 0.340. The molecule has 0 aliphatic heterocycles. The van der Waals surface area contributed by atoms with Crippen molar-refractivity contribution in [2.24, 2.45) is 0 Å². The summed E-state index contributed by atoms with van der Waals surface area (Å²) < 4.78 is 0. The van der Waals surface area contributed by atoms with Crippen LogP contribution in [0.2, 0.25) is 0 Å². The molecule has 3 aromatic carbocycles. The van der Waals surface area contributed by atoms with Crippen LogP contribution in [-0.2, 0) is 17.9 Å². The molecule has 0 heterocycles. The topological polar surface area (TPSA) is 111 Å². The zero-order chi connectivity index (χ0) is 22.9. The molecule has 0 spiro atoms. The van der Waals surface area contributed by atoms with Crippen molar-refractivity contribution in [3.05, 3.63) is 95.6 Å². The van der Waals surface area contributed by atoms with Gasteiger partial charge in [0.05, 0.1) is 6.10 Å². The van der Waals surface area contributed by atoms with Crippen molar-refractivity contribution in [3.8, 4) is 11.1 Å². The molecule has 0 aliphatic rings. The summed E-state index contributed by atoms with van der Waals surface area (Å²) in [5, 5.41) is 24.2. The van der Waals surface area contributed by atoms with Crippen LogP contribution in [0.4, 0.5) is 0 Å². The third-order valence-corrected chi connectivity index (χ3v) is 5.10. The lowest BCUT2D eigenvalue weighted by Crippen LogP contribution is -2.51. The number of hydrogen-bond donors (Lipinski definition) is 5. The fourth-order valence-electron chi connectivity index (χ4n) is 3.28. The van der Waals surface area contributed by atoms with Crippen LogP contribution in [0, 0.1) is 0 Å². The quantitative estimate of drug-likeness (QED) is 0.263. The number of nitrogens with one attached hydrogen (secondary N) is 3. The monoisotopic (exact) mass is 433 g/mol. The summed E-state index contributed by atoms with van der Waals surface area (Å²) in [4.78, 5) is 24.0. The number of hydrogen-bond acceptors (Lipinski definition) is 5. The number of rotatable bonds is 9. The molecule has 7 nitrogen and oxygen atoms in total. The Morgan fingerprint density at radius 2 is 1.34 bits per heavy atom. The minimum atomic E-state index is -1.25. The molecule has 0 aliphatic carbocycles. The van der Waals surface area contributed by atoms with Gasteiger partial charge >= 0.3 is 0 Å². The van der Waals surface area contributed by atoms with Crippen LogP contribution in [0.25, 0.3) is 11.1 Å². The van der Waals surface area contributed by atoms with Crippen molar-refractivity contribution in [2.45, 2.75) is 32.2 Å². The van der Waals surface area contributed by atoms with Gasteiger partial charge in [-0.25, -0.2) is 5.48 Å². The van der Waals surface area contributed by atoms with E-state index in [1.54, 1.807) is 12.1 Å². The lowest BCUT2D eigenvalue weighted by Gasteiger charge is -2.19. The van der Waals surface area contributed by atoms with Crippen LogP contribution in [0.1, 0.15) is 28.4 Å². The molecule has 0 aromatic heterocycles. The van der Waals surface area contributed by atoms with Gasteiger partial charge in [-0.1, -0.05) is 66.7 Å². The summed E-state index contributed by atoms with van der Waals surface area (Å²) in [7, 11) is 0. The first-order valence-electron chi connectivity index (χ1n) is 10.3. The average Bonchev–Trinajstić information content (AvgIpc) is 2.83. The van der Waals surface area contributed by atoms with Gasteiger partial charge in [-0.05, 0) is 41.3 Å². The highest BCUT2D eigenvalue weighted by atomic mass is 16.5. The zero-order valence-corrected chi connectivity index (χ0v) is 17.8. The van der Waals surface area contributed by atoms with Gasteiger partial charge in [-0.15, -0.1) is 0 Å². The van der Waals surface area contributed by atoms with Gasteiger partial charge in [0.2, 0.25) is 0 Å². The normalized spacial score (nSPS) is 12.6. The number of aliphatic hydroxyl groups excluding tert-OH is 1. The van der Waals surface area contributed by atoms with Crippen LogP contribution >= 0.6 is 0 Å². The second kappa shape index (κ2) is 11.2. The number of aliphatic hydroxyl groups is 1. The third-order valence-electron chi connectivity index (χ3n) is 5.10. The van der Waals surface area contributed by atoms with E-state index in [0.29, 0.717) is 5.56 Å². The first kappa shape index (κ1) is 23.1. The lowest BCUT2D eigenvalue weighted by atomic mass is 10.0. The predicted molar refractivity (Wildman–Crippen MR) is 122 cm³/mol. The second-order valence-corrected chi connectivity index (χ2v) is 7.53. The minimum Gasteiger partial charge on any atom is -0.391 e. The van der Waals surface area contributed by atoms with Crippen molar-refractivity contribution in [2.75, 3.05) is 0 Å². The van der Waals surface area contributed by atoms with E-state index in [-0.39, 0.29) is 0 Å². The van der Waals surface area contributed by atoms with Crippen LogP contribution in [0.3, 0.4) is 0 Å². The van der Waals surface area contributed by atoms with Crippen molar-refractivity contribution < 1.29 is 19.9 Å². The molecular formula is C25H27N3O4. The Morgan fingerprint density at radius 1 is 0.812 bits per heavy atom. The van der Waals surface area contributed by atoms with E-state index in [4.69, 9.17) is 5.21 Å². The van der Waals surface area contributed by atoms with Gasteiger partial charge in [-0.3, -0.25) is 14.8 Å². The number of carbonyl (C=O) groups is 2. The molecule has 2 amide bonds. The van der Waals surface area contributed by atoms with Crippen LogP contribution in [-0.4, -0.2) is 34.3 Å². The Morgan fingerprint density at radius 3 is 1.88 bits per heavy atom. The predicted octanol–water partition coefficient (Wildman–Crippen LogP) is 2.63. The molecule has 2 atom stereocenters. The van der Waals surface area contributed by atoms with Crippen LogP contribution < -0.4 is 16.1 Å². The molecule has 0 bridgehead atoms. The molecule has 32 heavy (non-hydrogen) atoms. The van der Waals surface area contributed by atoms with E-state index < -0.39 is 24.0 Å². The van der Waals surface area contributed by atoms with Gasteiger partial charge in [0.25, 0.3) is 11.8 Å². The van der Waals surface area contributed by atoms with E-state index in [1.807, 2.05) is 42.5 Å². The maximum Gasteiger partial charge on any atom is 0.268 e. The standard InChI is InChI=1S/C25H27N3O4/c1-17(29)23(25(31)28-32)27-24(30)22-13-11-21(12-14-22)20-9-7-19(8-10-20)16-26-15-18-5-3-2-4-6-18/h2-14,17,23,26,29,32H,15-16H2,1H3,(H,27,30)(H,28,31)/t17-,23+/m1/s1. The first-order valence-corrected chi connectivity index (χ1v) is 10.3. The molecular weight excluding hydrogens is 406 g/mol. The van der Waals surface area contributed by atoms with Gasteiger partial charge in [-0.2, -0.15) is 0 Å². The number of benzene rings is 3. The fraction of sp³-hybridized carbons (Fsp3) is 0.200. The van der Waals surface area contributed by atoms with E-state index in [2.05, 4.69) is 34.9 Å². The summed E-state index contributed by atoms with van der Waals surface area (Å²) in [6, 6.07) is 24.1. The van der Waals surface area contributed by atoms with E-state index in [9.17, 15) is 14.7 Å². The van der Waals surface area contributed by atoms with Gasteiger partial charge in [0.15, 0.2) is 0 Å². The van der Waals surface area contributed by atoms with Gasteiger partial charge in [0.1, 0.15) is 6.04 Å². The number of hydroxylamine groups is 1. The van der Waals surface area contributed by atoms with E-state index in [0.717, 1.165) is 24.2 Å². The summed E-state index contributed by atoms with van der Waals surface area (Å²) in [6.07, 6.45) is -1.16. The van der Waals surface area contributed by atoms with Gasteiger partial charge in [0, 0.05) is 18.7 Å². The summed E-state index contributed by atoms with van der Waals surface area (Å²) in [6.45, 7) is 2.92. The zero-order valence-electron chi connectivity index (χ0n) is 17.8.